The molecule has 3 fully saturated rings. The van der Waals surface area contributed by atoms with Crippen molar-refractivity contribution in [1.29, 1.82) is 0 Å². The quantitative estimate of drug-likeness (QED) is 0.760. The normalized spacial score (nSPS) is 32.3. The van der Waals surface area contributed by atoms with Crippen LogP contribution in [0.4, 0.5) is 0 Å². The molecule has 0 radical (unpaired) electrons. The zero-order valence-corrected chi connectivity index (χ0v) is 14.2. The molecule has 2 saturated heterocycles. The number of nitrogens with two attached hydrogens (primary N) is 1. The van der Waals surface area contributed by atoms with Crippen LogP contribution in [0.3, 0.4) is 0 Å². The predicted molar refractivity (Wildman–Crippen MR) is 87.0 cm³/mol. The lowest BCUT2D eigenvalue weighted by molar-refractivity contribution is -0.149. The maximum Gasteiger partial charge on any atom is 0.326 e. The summed E-state index contributed by atoms with van der Waals surface area (Å²) in [4.78, 5) is 39.5. The van der Waals surface area contributed by atoms with Gasteiger partial charge < -0.3 is 20.6 Å². The van der Waals surface area contributed by atoms with Crippen molar-refractivity contribution in [2.24, 2.45) is 17.1 Å². The minimum Gasteiger partial charge on any atom is -0.480 e. The number of nitrogens with zero attached hydrogens (tertiary/aromatic N) is 2. The molecule has 2 amide bonds. The Balaban J connectivity index is 1.72. The van der Waals surface area contributed by atoms with Gasteiger partial charge >= 0.3 is 5.97 Å². The van der Waals surface area contributed by atoms with Gasteiger partial charge in [0.25, 0.3) is 0 Å². The molecule has 0 bridgehead atoms. The Morgan fingerprint density at radius 2 is 1.83 bits per heavy atom. The smallest absolute Gasteiger partial charge is 0.326 e. The molecule has 3 N–H and O–H groups in total. The van der Waals surface area contributed by atoms with E-state index in [1.165, 1.54) is 0 Å². The highest BCUT2D eigenvalue weighted by atomic mass is 16.4. The van der Waals surface area contributed by atoms with Crippen LogP contribution >= 0.6 is 0 Å². The summed E-state index contributed by atoms with van der Waals surface area (Å²) >= 11 is 0. The summed E-state index contributed by atoms with van der Waals surface area (Å²) in [5.74, 6) is -1.03. The molecule has 3 rings (SSSR count). The second-order valence-electron chi connectivity index (χ2n) is 7.80. The third kappa shape index (κ3) is 3.14. The summed E-state index contributed by atoms with van der Waals surface area (Å²) < 4.78 is 0. The van der Waals surface area contributed by atoms with Crippen LogP contribution in [0.25, 0.3) is 0 Å². The topological polar surface area (TPSA) is 104 Å². The van der Waals surface area contributed by atoms with Crippen LogP contribution in [0.1, 0.15) is 45.4 Å². The van der Waals surface area contributed by atoms with Crippen LogP contribution in [-0.4, -0.2) is 64.4 Å². The number of carboxylic acids is 1. The number of rotatable bonds is 2. The van der Waals surface area contributed by atoms with Gasteiger partial charge in [0.1, 0.15) is 6.04 Å². The molecule has 1 aliphatic carbocycles. The molecule has 1 spiro atoms. The van der Waals surface area contributed by atoms with Gasteiger partial charge in [-0.3, -0.25) is 9.59 Å². The van der Waals surface area contributed by atoms with E-state index in [1.807, 2.05) is 4.90 Å². The van der Waals surface area contributed by atoms with E-state index in [9.17, 15) is 19.5 Å². The Bertz CT molecular complexity index is 542. The second kappa shape index (κ2) is 6.35. The highest BCUT2D eigenvalue weighted by Gasteiger charge is 2.51. The van der Waals surface area contributed by atoms with Crippen molar-refractivity contribution in [3.8, 4) is 0 Å². The summed E-state index contributed by atoms with van der Waals surface area (Å²) in [5, 5.41) is 9.60. The lowest BCUT2D eigenvalue weighted by Gasteiger charge is -2.38. The first-order valence-electron chi connectivity index (χ1n) is 8.86. The number of carboxylic acid groups (broad SMARTS) is 1. The van der Waals surface area contributed by atoms with Crippen LogP contribution in [0.5, 0.6) is 0 Å². The van der Waals surface area contributed by atoms with Gasteiger partial charge in [-0.2, -0.15) is 0 Å². The molecule has 134 valence electrons. The van der Waals surface area contributed by atoms with E-state index in [1.54, 1.807) is 11.8 Å². The zero-order chi connectivity index (χ0) is 17.5. The van der Waals surface area contributed by atoms with Gasteiger partial charge in [0.05, 0.1) is 0 Å². The molecule has 1 unspecified atom stereocenters. The molecule has 0 aromatic rings. The molecule has 2 heterocycles. The first-order valence-corrected chi connectivity index (χ1v) is 8.86. The van der Waals surface area contributed by atoms with E-state index in [0.717, 1.165) is 25.7 Å². The fourth-order valence-electron chi connectivity index (χ4n) is 4.64. The lowest BCUT2D eigenvalue weighted by Crippen LogP contribution is -2.45. The van der Waals surface area contributed by atoms with E-state index in [2.05, 4.69) is 0 Å². The molecule has 3 aliphatic rings. The van der Waals surface area contributed by atoms with Crippen molar-refractivity contribution in [3.63, 3.8) is 0 Å². The predicted octanol–water partition coefficient (Wildman–Crippen LogP) is 0.428. The van der Waals surface area contributed by atoms with Crippen molar-refractivity contribution >= 4 is 17.8 Å². The Labute approximate surface area is 142 Å². The highest BCUT2D eigenvalue weighted by Crippen LogP contribution is 2.44. The Morgan fingerprint density at radius 1 is 1.17 bits per heavy atom. The average Bonchev–Trinajstić information content (AvgIpc) is 3.12. The number of hydrogen-bond acceptors (Lipinski definition) is 4. The van der Waals surface area contributed by atoms with Crippen molar-refractivity contribution < 1.29 is 19.5 Å². The molecule has 0 aromatic heterocycles. The first-order chi connectivity index (χ1) is 11.3. The van der Waals surface area contributed by atoms with Gasteiger partial charge in [0.15, 0.2) is 0 Å². The van der Waals surface area contributed by atoms with Gasteiger partial charge in [-0.05, 0) is 43.9 Å². The number of likely N-dealkylation sites (tertiary alicyclic amines) is 2. The summed E-state index contributed by atoms with van der Waals surface area (Å²) in [6, 6.07) is -0.684. The molecular formula is C17H27N3O4. The largest absolute Gasteiger partial charge is 0.480 e. The van der Waals surface area contributed by atoms with E-state index < -0.39 is 12.0 Å². The Kier molecular flexibility index (Phi) is 4.55. The van der Waals surface area contributed by atoms with Crippen molar-refractivity contribution in [3.05, 3.63) is 0 Å². The number of piperidine rings is 1. The van der Waals surface area contributed by atoms with E-state index in [4.69, 9.17) is 5.73 Å². The second-order valence-corrected chi connectivity index (χ2v) is 7.80. The number of amides is 2. The molecule has 3 atom stereocenters. The Morgan fingerprint density at radius 3 is 2.33 bits per heavy atom. The molecule has 7 heteroatoms. The van der Waals surface area contributed by atoms with Crippen LogP contribution in [0.15, 0.2) is 0 Å². The minimum absolute atomic E-state index is 0.0405. The minimum atomic E-state index is -0.920. The van der Waals surface area contributed by atoms with E-state index in [-0.39, 0.29) is 29.2 Å². The van der Waals surface area contributed by atoms with E-state index in [0.29, 0.717) is 32.5 Å². The summed E-state index contributed by atoms with van der Waals surface area (Å²) in [6.07, 6.45) is 4.29. The van der Waals surface area contributed by atoms with Gasteiger partial charge in [0, 0.05) is 38.5 Å². The standard InChI is InChI=1S/C17H27N3O4/c1-11(21)19-6-4-17(5-7-19)9-14(16(23)24)20(10-17)15(22)12-2-3-13(18)8-12/h12-14H,2-10,18H2,1H3,(H,23,24)/t12-,13+,14?/m0/s1. The highest BCUT2D eigenvalue weighted by molar-refractivity contribution is 5.86. The fraction of sp³-hybridized carbons (Fsp3) is 0.824. The van der Waals surface area contributed by atoms with Crippen molar-refractivity contribution in [1.82, 2.24) is 9.80 Å². The van der Waals surface area contributed by atoms with Gasteiger partial charge in [-0.1, -0.05) is 0 Å². The van der Waals surface area contributed by atoms with Crippen molar-refractivity contribution in [2.75, 3.05) is 19.6 Å². The first kappa shape index (κ1) is 17.2. The lowest BCUT2D eigenvalue weighted by atomic mass is 9.76. The van der Waals surface area contributed by atoms with Crippen LogP contribution < -0.4 is 5.73 Å². The van der Waals surface area contributed by atoms with Crippen LogP contribution in [0, 0.1) is 11.3 Å². The summed E-state index contributed by atoms with van der Waals surface area (Å²) in [6.45, 7) is 3.36. The van der Waals surface area contributed by atoms with Gasteiger partial charge in [0.2, 0.25) is 11.8 Å². The number of carbonyl (C=O) groups is 3. The SMILES string of the molecule is CC(=O)N1CCC2(CC1)CC(C(=O)O)N(C(=O)[C@H]1CC[C@@H](N)C1)C2. The molecule has 1 saturated carbocycles. The fourth-order valence-corrected chi connectivity index (χ4v) is 4.64. The monoisotopic (exact) mass is 337 g/mol. The zero-order valence-electron chi connectivity index (χ0n) is 14.2. The molecule has 24 heavy (non-hydrogen) atoms. The maximum absolute atomic E-state index is 12.8. The number of aliphatic carboxylic acids is 1. The van der Waals surface area contributed by atoms with E-state index >= 15 is 0 Å². The molecular weight excluding hydrogens is 310 g/mol. The third-order valence-corrected chi connectivity index (χ3v) is 6.17. The maximum atomic E-state index is 12.8. The summed E-state index contributed by atoms with van der Waals surface area (Å²) in [5.41, 5.74) is 5.75. The molecule has 0 aromatic carbocycles. The number of carbonyl (C=O) groups excluding carboxylic acids is 2. The van der Waals surface area contributed by atoms with Gasteiger partial charge in [-0.25, -0.2) is 4.79 Å². The average molecular weight is 337 g/mol. The van der Waals surface area contributed by atoms with Crippen LogP contribution in [-0.2, 0) is 14.4 Å². The molecule has 2 aliphatic heterocycles. The van der Waals surface area contributed by atoms with Crippen LogP contribution in [0.2, 0.25) is 0 Å². The molecule has 7 nitrogen and oxygen atoms in total. The summed E-state index contributed by atoms with van der Waals surface area (Å²) in [7, 11) is 0. The van der Waals surface area contributed by atoms with Gasteiger partial charge in [-0.15, -0.1) is 0 Å². The van der Waals surface area contributed by atoms with Crippen molar-refractivity contribution in [2.45, 2.75) is 57.5 Å². The Hall–Kier alpha value is -1.63. The number of hydrogen-bond donors (Lipinski definition) is 2. The third-order valence-electron chi connectivity index (χ3n) is 6.17.